The SMILES string of the molecule is FC(F)(F)c1nn2cc1CCc1cccc(n1)CCc1cn(nc1C(F)(F)F)-c1cccc-2n1. The normalized spacial score (nSPS) is 14.3. The second-order valence-corrected chi connectivity index (χ2v) is 7.86. The molecule has 0 unspecified atom stereocenters. The first kappa shape index (κ1) is 22.1. The molecule has 5 heterocycles. The first-order valence-corrected chi connectivity index (χ1v) is 10.3. The topological polar surface area (TPSA) is 61.4 Å². The molecule has 5 rings (SSSR count). The zero-order valence-electron chi connectivity index (χ0n) is 17.4. The molecule has 34 heavy (non-hydrogen) atoms. The van der Waals surface area contributed by atoms with Crippen LogP contribution in [0.5, 0.6) is 0 Å². The summed E-state index contributed by atoms with van der Waals surface area (Å²) in [6.07, 6.45) is -6.42. The van der Waals surface area contributed by atoms with Crippen molar-refractivity contribution in [2.75, 3.05) is 0 Å². The highest BCUT2D eigenvalue weighted by Gasteiger charge is 2.38. The van der Waals surface area contributed by atoms with Crippen LogP contribution in [0.3, 0.4) is 0 Å². The summed E-state index contributed by atoms with van der Waals surface area (Å²) >= 11 is 0. The average Bonchev–Trinajstić information content (AvgIpc) is 3.41. The third kappa shape index (κ3) is 4.27. The van der Waals surface area contributed by atoms with Gasteiger partial charge in [-0.05, 0) is 49.9 Å². The molecule has 0 aromatic carbocycles. The van der Waals surface area contributed by atoms with Crippen molar-refractivity contribution < 1.29 is 26.3 Å². The van der Waals surface area contributed by atoms with Crippen LogP contribution in [0.25, 0.3) is 11.6 Å². The summed E-state index contributed by atoms with van der Waals surface area (Å²) in [6.45, 7) is 0. The van der Waals surface area contributed by atoms with Crippen LogP contribution >= 0.6 is 0 Å². The smallest absolute Gasteiger partial charge is 0.258 e. The van der Waals surface area contributed by atoms with Gasteiger partial charge < -0.3 is 0 Å². The van der Waals surface area contributed by atoms with Gasteiger partial charge >= 0.3 is 12.4 Å². The van der Waals surface area contributed by atoms with E-state index in [4.69, 9.17) is 0 Å². The van der Waals surface area contributed by atoms with Crippen molar-refractivity contribution in [3.05, 3.63) is 82.7 Å². The highest BCUT2D eigenvalue weighted by atomic mass is 19.4. The molecule has 8 bridgehead atoms. The second kappa shape index (κ2) is 7.96. The van der Waals surface area contributed by atoms with E-state index < -0.39 is 23.7 Å². The van der Waals surface area contributed by atoms with E-state index in [1.165, 1.54) is 30.6 Å². The van der Waals surface area contributed by atoms with Gasteiger partial charge in [0.25, 0.3) is 0 Å². The Morgan fingerprint density at radius 2 is 1.03 bits per heavy atom. The van der Waals surface area contributed by atoms with Crippen LogP contribution < -0.4 is 0 Å². The average molecular weight is 478 g/mol. The predicted octanol–water partition coefficient (Wildman–Crippen LogP) is 4.77. The molecule has 0 aliphatic carbocycles. The molecule has 0 N–H and O–H groups in total. The lowest BCUT2D eigenvalue weighted by Gasteiger charge is -2.08. The van der Waals surface area contributed by atoms with Gasteiger partial charge in [0.1, 0.15) is 0 Å². The van der Waals surface area contributed by atoms with Gasteiger partial charge in [-0.15, -0.1) is 0 Å². The quantitative estimate of drug-likeness (QED) is 0.342. The fraction of sp³-hybridized carbons (Fsp3) is 0.273. The monoisotopic (exact) mass is 478 g/mol. The Bertz CT molecular complexity index is 1260. The molecule has 1 aliphatic heterocycles. The van der Waals surface area contributed by atoms with E-state index >= 15 is 0 Å². The van der Waals surface area contributed by atoms with E-state index in [-0.39, 0.29) is 48.4 Å². The largest absolute Gasteiger partial charge is 0.435 e. The summed E-state index contributed by atoms with van der Waals surface area (Å²) in [7, 11) is 0. The lowest BCUT2D eigenvalue weighted by molar-refractivity contribution is -0.142. The summed E-state index contributed by atoms with van der Waals surface area (Å²) in [5.41, 5.74) is -1.06. The number of hydrogen-bond donors (Lipinski definition) is 0. The number of rotatable bonds is 0. The van der Waals surface area contributed by atoms with Gasteiger partial charge in [0.15, 0.2) is 23.0 Å². The summed E-state index contributed by atoms with van der Waals surface area (Å²) < 4.78 is 83.9. The Labute approximate surface area is 188 Å². The molecule has 0 spiro atoms. The molecular weight excluding hydrogens is 462 g/mol. The molecule has 176 valence electrons. The van der Waals surface area contributed by atoms with Crippen LogP contribution in [0.4, 0.5) is 26.3 Å². The Morgan fingerprint density at radius 3 is 1.47 bits per heavy atom. The van der Waals surface area contributed by atoms with Crippen molar-refractivity contribution in [3.8, 4) is 11.6 Å². The summed E-state index contributed by atoms with van der Waals surface area (Å²) in [6, 6.07) is 9.35. The van der Waals surface area contributed by atoms with Crippen molar-refractivity contribution in [2.24, 2.45) is 0 Å². The van der Waals surface area contributed by atoms with Crippen molar-refractivity contribution in [1.29, 1.82) is 0 Å². The van der Waals surface area contributed by atoms with E-state index in [9.17, 15) is 26.3 Å². The van der Waals surface area contributed by atoms with Crippen molar-refractivity contribution in [2.45, 2.75) is 38.0 Å². The first-order chi connectivity index (χ1) is 16.1. The number of nitrogens with zero attached hydrogens (tertiary/aromatic N) is 6. The fourth-order valence-electron chi connectivity index (χ4n) is 3.90. The minimum atomic E-state index is -4.69. The van der Waals surface area contributed by atoms with Crippen molar-refractivity contribution in [1.82, 2.24) is 29.5 Å². The van der Waals surface area contributed by atoms with Crippen LogP contribution in [0.2, 0.25) is 0 Å². The molecule has 0 fully saturated rings. The zero-order valence-corrected chi connectivity index (χ0v) is 17.4. The molecule has 0 amide bonds. The number of aryl methyl sites for hydroxylation is 4. The van der Waals surface area contributed by atoms with Crippen LogP contribution in [0.15, 0.2) is 48.8 Å². The van der Waals surface area contributed by atoms with E-state index in [0.717, 1.165) is 9.36 Å². The first-order valence-electron chi connectivity index (χ1n) is 10.3. The van der Waals surface area contributed by atoms with Crippen LogP contribution in [-0.4, -0.2) is 29.5 Å². The number of fused-ring (bicyclic) bond motifs is 10. The molecule has 6 nitrogen and oxygen atoms in total. The number of halogens is 6. The third-order valence-electron chi connectivity index (χ3n) is 5.47. The van der Waals surface area contributed by atoms with E-state index in [2.05, 4.69) is 20.2 Å². The zero-order chi connectivity index (χ0) is 24.1. The molecule has 0 atom stereocenters. The van der Waals surface area contributed by atoms with Gasteiger partial charge in [0, 0.05) is 34.9 Å². The van der Waals surface area contributed by atoms with Gasteiger partial charge in [-0.3, -0.25) is 4.98 Å². The molecular formula is C22H16F6N6. The predicted molar refractivity (Wildman–Crippen MR) is 108 cm³/mol. The lowest BCUT2D eigenvalue weighted by atomic mass is 10.1. The third-order valence-corrected chi connectivity index (χ3v) is 5.47. The highest BCUT2D eigenvalue weighted by molar-refractivity contribution is 5.35. The van der Waals surface area contributed by atoms with Gasteiger partial charge in [-0.25, -0.2) is 14.3 Å². The number of pyridine rings is 2. The van der Waals surface area contributed by atoms with Gasteiger partial charge in [0.2, 0.25) is 0 Å². The summed E-state index contributed by atoms with van der Waals surface area (Å²) in [5, 5.41) is 7.38. The molecule has 1 aliphatic rings. The second-order valence-electron chi connectivity index (χ2n) is 7.86. The number of alkyl halides is 6. The standard InChI is InChI=1S/C22H16F6N6/c23-21(24,25)19-13-7-9-15-3-1-4-16(29-15)10-8-14-12-34(32-20(14)22(26,27)28)18-6-2-5-17(30-18)33(11-13)31-19/h1-6,11-12H,7-10H2. The highest BCUT2D eigenvalue weighted by Crippen LogP contribution is 2.33. The maximum absolute atomic E-state index is 13.7. The Morgan fingerprint density at radius 1 is 0.588 bits per heavy atom. The van der Waals surface area contributed by atoms with Gasteiger partial charge in [0.05, 0.1) is 0 Å². The molecule has 12 heteroatoms. The molecule has 4 aromatic heterocycles. The summed E-state index contributed by atoms with van der Waals surface area (Å²) in [5.74, 6) is 0.0409. The number of aromatic nitrogens is 6. The Kier molecular flexibility index (Phi) is 5.18. The van der Waals surface area contributed by atoms with E-state index in [1.54, 1.807) is 18.2 Å². The minimum Gasteiger partial charge on any atom is -0.258 e. The van der Waals surface area contributed by atoms with E-state index in [1.807, 2.05) is 0 Å². The minimum absolute atomic E-state index is 0.0204. The van der Waals surface area contributed by atoms with Crippen LogP contribution in [0.1, 0.15) is 33.9 Å². The Balaban J connectivity index is 1.68. The van der Waals surface area contributed by atoms with Crippen molar-refractivity contribution >= 4 is 0 Å². The summed E-state index contributed by atoms with van der Waals surface area (Å²) in [4.78, 5) is 8.65. The number of hydrogen-bond acceptors (Lipinski definition) is 4. The molecule has 4 aromatic rings. The van der Waals surface area contributed by atoms with Crippen molar-refractivity contribution in [3.63, 3.8) is 0 Å². The maximum atomic E-state index is 13.7. The van der Waals surface area contributed by atoms with Crippen LogP contribution in [-0.2, 0) is 38.0 Å². The maximum Gasteiger partial charge on any atom is 0.435 e. The van der Waals surface area contributed by atoms with Crippen LogP contribution in [0, 0.1) is 0 Å². The van der Waals surface area contributed by atoms with Gasteiger partial charge in [-0.2, -0.15) is 36.5 Å². The molecule has 0 saturated carbocycles. The lowest BCUT2D eigenvalue weighted by Crippen LogP contribution is -2.12. The molecule has 0 radical (unpaired) electrons. The Hall–Kier alpha value is -3.70. The molecule has 0 saturated heterocycles. The fourth-order valence-corrected chi connectivity index (χ4v) is 3.90. The van der Waals surface area contributed by atoms with Gasteiger partial charge in [-0.1, -0.05) is 12.1 Å². The van der Waals surface area contributed by atoms with E-state index in [0.29, 0.717) is 11.4 Å².